The van der Waals surface area contributed by atoms with Crippen molar-refractivity contribution in [3.63, 3.8) is 0 Å². The van der Waals surface area contributed by atoms with Gasteiger partial charge in [-0.3, -0.25) is 10.4 Å². The number of hydrazine groups is 1. The topological polar surface area (TPSA) is 44.7 Å². The maximum Gasteiger partial charge on any atom is 0.0911 e. The number of nitrogens with one attached hydrogen (secondary N) is 1. The first kappa shape index (κ1) is 14.4. The highest BCUT2D eigenvalue weighted by Gasteiger charge is 2.04. The number of benzene rings is 1. The van der Waals surface area contributed by atoms with Gasteiger partial charge in [0.2, 0.25) is 0 Å². The number of halogens is 1. The maximum absolute atomic E-state index is 9.58. The predicted octanol–water partition coefficient (Wildman–Crippen LogP) is 1.28. The molecule has 0 aliphatic heterocycles. The van der Waals surface area contributed by atoms with E-state index in [0.29, 0.717) is 24.8 Å². The van der Waals surface area contributed by atoms with Crippen molar-refractivity contribution in [2.45, 2.75) is 12.7 Å². The Labute approximate surface area is 107 Å². The summed E-state index contributed by atoms with van der Waals surface area (Å²) in [5.41, 5.74) is 4.03. The smallest absolute Gasteiger partial charge is 0.0911 e. The summed E-state index contributed by atoms with van der Waals surface area (Å²) in [5, 5.41) is 12.1. The minimum Gasteiger partial charge on any atom is -0.389 e. The third kappa shape index (κ3) is 6.61. The quantitative estimate of drug-likeness (QED) is 0.724. The number of rotatable bonds is 7. The molecule has 0 heterocycles. The van der Waals surface area contributed by atoms with Gasteiger partial charge in [0.25, 0.3) is 0 Å². The number of nitrogens with zero attached hydrogens (tertiary/aromatic N) is 1. The summed E-state index contributed by atoms with van der Waals surface area (Å²) in [6.45, 7) is 1.27. The number of aliphatic hydroxyl groups is 1. The second-order valence-electron chi connectivity index (χ2n) is 4.05. The van der Waals surface area contributed by atoms with E-state index in [0.717, 1.165) is 5.56 Å². The highest BCUT2D eigenvalue weighted by molar-refractivity contribution is 6.30. The summed E-state index contributed by atoms with van der Waals surface area (Å²) in [7, 11) is 3.75. The zero-order valence-corrected chi connectivity index (χ0v) is 10.9. The second kappa shape index (κ2) is 7.63. The van der Waals surface area contributed by atoms with Crippen LogP contribution in [0, 0.1) is 0 Å². The van der Waals surface area contributed by atoms with E-state index in [1.165, 1.54) is 0 Å². The van der Waals surface area contributed by atoms with Crippen LogP contribution in [-0.2, 0) is 11.3 Å². The van der Waals surface area contributed by atoms with Crippen molar-refractivity contribution < 1.29 is 9.84 Å². The lowest BCUT2D eigenvalue weighted by atomic mass is 10.2. The van der Waals surface area contributed by atoms with E-state index in [4.69, 9.17) is 16.3 Å². The highest BCUT2D eigenvalue weighted by atomic mass is 35.5. The molecular weight excluding hydrogens is 240 g/mol. The van der Waals surface area contributed by atoms with Crippen LogP contribution < -0.4 is 5.43 Å². The van der Waals surface area contributed by atoms with Gasteiger partial charge in [0.05, 0.1) is 19.3 Å². The van der Waals surface area contributed by atoms with Crippen molar-refractivity contribution in [2.24, 2.45) is 0 Å². The lowest BCUT2D eigenvalue weighted by molar-refractivity contribution is 0.0212. The van der Waals surface area contributed by atoms with Crippen LogP contribution in [0.2, 0.25) is 5.02 Å². The molecule has 1 rings (SSSR count). The third-order valence-electron chi connectivity index (χ3n) is 2.14. The fourth-order valence-electron chi connectivity index (χ4n) is 1.24. The van der Waals surface area contributed by atoms with Crippen LogP contribution in [0.15, 0.2) is 24.3 Å². The molecule has 5 heteroatoms. The van der Waals surface area contributed by atoms with Crippen molar-refractivity contribution in [1.82, 2.24) is 10.4 Å². The first-order chi connectivity index (χ1) is 8.08. The molecule has 0 aliphatic carbocycles. The van der Waals surface area contributed by atoms with E-state index in [9.17, 15) is 5.11 Å². The molecule has 0 amide bonds. The molecular formula is C12H19ClN2O2. The van der Waals surface area contributed by atoms with Crippen molar-refractivity contribution in [3.05, 3.63) is 34.9 Å². The Hall–Kier alpha value is -0.650. The molecule has 0 aliphatic rings. The van der Waals surface area contributed by atoms with Crippen LogP contribution in [0.3, 0.4) is 0 Å². The van der Waals surface area contributed by atoms with Gasteiger partial charge in [-0.2, -0.15) is 0 Å². The molecule has 1 aromatic rings. The van der Waals surface area contributed by atoms with E-state index >= 15 is 0 Å². The largest absolute Gasteiger partial charge is 0.389 e. The molecule has 0 spiro atoms. The van der Waals surface area contributed by atoms with Gasteiger partial charge in [-0.15, -0.1) is 0 Å². The van der Waals surface area contributed by atoms with E-state index in [1.807, 2.05) is 38.4 Å². The molecule has 1 aromatic carbocycles. The van der Waals surface area contributed by atoms with Crippen molar-refractivity contribution in [3.8, 4) is 0 Å². The molecule has 0 radical (unpaired) electrons. The summed E-state index contributed by atoms with van der Waals surface area (Å²) in [6, 6.07) is 7.47. The molecule has 1 atom stereocenters. The Bertz CT molecular complexity index is 317. The first-order valence-electron chi connectivity index (χ1n) is 5.49. The average Bonchev–Trinajstić information content (AvgIpc) is 2.29. The van der Waals surface area contributed by atoms with Crippen molar-refractivity contribution in [1.29, 1.82) is 0 Å². The summed E-state index contributed by atoms with van der Waals surface area (Å²) >= 11 is 5.77. The molecule has 2 N–H and O–H groups in total. The van der Waals surface area contributed by atoms with Crippen molar-refractivity contribution >= 4 is 11.6 Å². The SMILES string of the molecule is CN(C)NCC(O)COCc1ccc(Cl)cc1. The molecule has 96 valence electrons. The van der Waals surface area contributed by atoms with Gasteiger partial charge in [0, 0.05) is 25.7 Å². The normalized spacial score (nSPS) is 13.0. The van der Waals surface area contributed by atoms with Crippen LogP contribution in [0.25, 0.3) is 0 Å². The van der Waals surface area contributed by atoms with Gasteiger partial charge in [-0.05, 0) is 17.7 Å². The lowest BCUT2D eigenvalue weighted by Gasteiger charge is -2.16. The Morgan fingerprint density at radius 3 is 2.59 bits per heavy atom. The zero-order chi connectivity index (χ0) is 12.7. The van der Waals surface area contributed by atoms with Gasteiger partial charge in [-0.1, -0.05) is 23.7 Å². The molecule has 4 nitrogen and oxygen atoms in total. The Balaban J connectivity index is 2.16. The fourth-order valence-corrected chi connectivity index (χ4v) is 1.37. The van der Waals surface area contributed by atoms with Crippen LogP contribution in [-0.4, -0.2) is 43.5 Å². The monoisotopic (exact) mass is 258 g/mol. The van der Waals surface area contributed by atoms with E-state index in [-0.39, 0.29) is 0 Å². The van der Waals surface area contributed by atoms with Crippen LogP contribution >= 0.6 is 11.6 Å². The van der Waals surface area contributed by atoms with Gasteiger partial charge in [0.1, 0.15) is 0 Å². The Morgan fingerprint density at radius 1 is 1.35 bits per heavy atom. The highest BCUT2D eigenvalue weighted by Crippen LogP contribution is 2.10. The summed E-state index contributed by atoms with van der Waals surface area (Å²) < 4.78 is 5.40. The van der Waals surface area contributed by atoms with Crippen LogP contribution in [0.4, 0.5) is 0 Å². The van der Waals surface area contributed by atoms with Gasteiger partial charge in [-0.25, -0.2) is 0 Å². The molecule has 0 saturated heterocycles. The van der Waals surface area contributed by atoms with Gasteiger partial charge >= 0.3 is 0 Å². The minimum atomic E-state index is -0.510. The van der Waals surface area contributed by atoms with E-state index in [1.54, 1.807) is 5.01 Å². The second-order valence-corrected chi connectivity index (χ2v) is 4.49. The van der Waals surface area contributed by atoms with Gasteiger partial charge < -0.3 is 9.84 Å². The van der Waals surface area contributed by atoms with Crippen LogP contribution in [0.5, 0.6) is 0 Å². The van der Waals surface area contributed by atoms with Crippen molar-refractivity contribution in [2.75, 3.05) is 27.2 Å². The summed E-state index contributed by atoms with van der Waals surface area (Å²) in [4.78, 5) is 0. The maximum atomic E-state index is 9.58. The van der Waals surface area contributed by atoms with Gasteiger partial charge in [0.15, 0.2) is 0 Å². The predicted molar refractivity (Wildman–Crippen MR) is 68.8 cm³/mol. The first-order valence-corrected chi connectivity index (χ1v) is 5.87. The number of ether oxygens (including phenoxy) is 1. The molecule has 1 unspecified atom stereocenters. The molecule has 0 saturated carbocycles. The number of hydrogen-bond donors (Lipinski definition) is 2. The molecule has 0 aromatic heterocycles. The van der Waals surface area contributed by atoms with E-state index < -0.39 is 6.10 Å². The van der Waals surface area contributed by atoms with E-state index in [2.05, 4.69) is 5.43 Å². The number of aliphatic hydroxyl groups excluding tert-OH is 1. The molecule has 17 heavy (non-hydrogen) atoms. The summed E-state index contributed by atoms with van der Waals surface area (Å²) in [5.74, 6) is 0. The Morgan fingerprint density at radius 2 is 2.00 bits per heavy atom. The molecule has 0 bridgehead atoms. The minimum absolute atomic E-state index is 0.309. The van der Waals surface area contributed by atoms with Crippen LogP contribution in [0.1, 0.15) is 5.56 Å². The Kier molecular flexibility index (Phi) is 6.47. The lowest BCUT2D eigenvalue weighted by Crippen LogP contribution is -2.38. The standard InChI is InChI=1S/C12H19ClN2O2/c1-15(2)14-7-12(16)9-17-8-10-3-5-11(13)6-4-10/h3-6,12,14,16H,7-9H2,1-2H3. The fraction of sp³-hybridized carbons (Fsp3) is 0.500. The third-order valence-corrected chi connectivity index (χ3v) is 2.39. The molecule has 0 fully saturated rings. The number of hydrogen-bond acceptors (Lipinski definition) is 4. The average molecular weight is 259 g/mol. The zero-order valence-electron chi connectivity index (χ0n) is 10.2. The summed E-state index contributed by atoms with van der Waals surface area (Å²) in [6.07, 6.45) is -0.510.